The van der Waals surface area contributed by atoms with E-state index in [0.717, 1.165) is 0 Å². The molecule has 7 nitrogen and oxygen atoms in total. The van der Waals surface area contributed by atoms with Gasteiger partial charge in [-0.1, -0.05) is 0 Å². The van der Waals surface area contributed by atoms with Crippen molar-refractivity contribution in [3.05, 3.63) is 21.9 Å². The van der Waals surface area contributed by atoms with Crippen molar-refractivity contribution in [1.82, 2.24) is 4.98 Å². The Hall–Kier alpha value is -1.83. The minimum atomic E-state index is -5.72. The van der Waals surface area contributed by atoms with Gasteiger partial charge in [-0.15, -0.1) is 13.2 Å². The number of hydrogen-bond acceptors (Lipinski definition) is 6. The first-order valence-electron chi connectivity index (χ1n) is 4.59. The summed E-state index contributed by atoms with van der Waals surface area (Å²) in [4.78, 5) is 9.43. The zero-order valence-corrected chi connectivity index (χ0v) is 11.1. The van der Waals surface area contributed by atoms with E-state index in [9.17, 15) is 44.9 Å². The minimum absolute atomic E-state index is 0.223. The van der Waals surface area contributed by atoms with Crippen LogP contribution in [0.5, 0.6) is 5.88 Å². The van der Waals surface area contributed by atoms with Crippen LogP contribution >= 0.6 is 10.7 Å². The van der Waals surface area contributed by atoms with Crippen LogP contribution in [0.4, 0.5) is 32.0 Å². The molecule has 0 N–H and O–H groups in total. The van der Waals surface area contributed by atoms with Crippen molar-refractivity contribution in [3.8, 4) is 5.88 Å². The fraction of sp³-hybridized carbons (Fsp3) is 0.286. The molecule has 1 aromatic rings. The molecule has 0 bridgehead atoms. The molecule has 15 heteroatoms. The summed E-state index contributed by atoms with van der Waals surface area (Å²) in [5.41, 5.74) is -4.85. The smallest absolute Gasteiger partial charge is 0.381 e. The molecule has 0 atom stereocenters. The Morgan fingerprint density at radius 2 is 1.73 bits per heavy atom. The van der Waals surface area contributed by atoms with Crippen LogP contribution in [0.15, 0.2) is 11.1 Å². The number of halogens is 7. The van der Waals surface area contributed by atoms with Gasteiger partial charge in [0.1, 0.15) is 4.90 Å². The summed E-state index contributed by atoms with van der Waals surface area (Å²) in [5, 5.41) is 10.6. The summed E-state index contributed by atoms with van der Waals surface area (Å²) in [7, 11) is -0.506. The Balaban J connectivity index is 3.86. The van der Waals surface area contributed by atoms with E-state index in [1.165, 1.54) is 0 Å². The van der Waals surface area contributed by atoms with Crippen LogP contribution in [0.2, 0.25) is 0 Å². The number of alkyl halides is 6. The van der Waals surface area contributed by atoms with Crippen LogP contribution in [0.25, 0.3) is 0 Å². The third-order valence-corrected chi connectivity index (χ3v) is 3.26. The van der Waals surface area contributed by atoms with E-state index in [1.54, 1.807) is 0 Å². The summed E-state index contributed by atoms with van der Waals surface area (Å²) in [5.74, 6) is -2.08. The Morgan fingerprint density at radius 3 is 2.05 bits per heavy atom. The highest BCUT2D eigenvalue weighted by Crippen LogP contribution is 2.45. The monoisotopic (exact) mass is 374 g/mol. The fourth-order valence-corrected chi connectivity index (χ4v) is 2.26. The second-order valence-electron chi connectivity index (χ2n) is 3.39. The van der Waals surface area contributed by atoms with Crippen LogP contribution in [0.1, 0.15) is 5.56 Å². The lowest BCUT2D eigenvalue weighted by atomic mass is 10.2. The number of pyridine rings is 1. The third kappa shape index (κ3) is 4.09. The van der Waals surface area contributed by atoms with E-state index in [4.69, 9.17) is 0 Å². The van der Waals surface area contributed by atoms with Gasteiger partial charge < -0.3 is 4.74 Å². The highest BCUT2D eigenvalue weighted by molar-refractivity contribution is 8.13. The number of aromatic nitrogens is 1. The SMILES string of the molecule is O=[N+]([O-])c1c(OC(F)(F)F)ncc(S(=O)(=O)Cl)c1C(F)(F)F. The summed E-state index contributed by atoms with van der Waals surface area (Å²) < 4.78 is 99.6. The van der Waals surface area contributed by atoms with Gasteiger partial charge in [0.15, 0.2) is 5.56 Å². The van der Waals surface area contributed by atoms with Crippen LogP contribution < -0.4 is 4.74 Å². The Bertz CT molecular complexity index is 715. The van der Waals surface area contributed by atoms with Gasteiger partial charge in [-0.3, -0.25) is 10.1 Å². The lowest BCUT2D eigenvalue weighted by molar-refractivity contribution is -0.392. The zero-order valence-electron chi connectivity index (χ0n) is 9.57. The van der Waals surface area contributed by atoms with E-state index in [2.05, 4.69) is 20.4 Å². The Morgan fingerprint density at radius 1 is 1.23 bits per heavy atom. The summed E-state index contributed by atoms with van der Waals surface area (Å²) in [6.07, 6.45) is -11.5. The van der Waals surface area contributed by atoms with E-state index in [-0.39, 0.29) is 6.20 Å². The molecule has 1 heterocycles. The first kappa shape index (κ1) is 18.2. The van der Waals surface area contributed by atoms with Gasteiger partial charge in [0.25, 0.3) is 9.05 Å². The Kier molecular flexibility index (Phi) is 4.49. The van der Waals surface area contributed by atoms with Crippen LogP contribution in [0.3, 0.4) is 0 Å². The van der Waals surface area contributed by atoms with Gasteiger partial charge in [0, 0.05) is 10.7 Å². The van der Waals surface area contributed by atoms with Gasteiger partial charge >= 0.3 is 24.1 Å². The molecule has 1 aromatic heterocycles. The third-order valence-electron chi connectivity index (χ3n) is 1.93. The molecule has 0 saturated carbocycles. The lowest BCUT2D eigenvalue weighted by Gasteiger charge is -2.14. The molecule has 0 radical (unpaired) electrons. The molecular formula is C7HClF6N2O5S. The van der Waals surface area contributed by atoms with Crippen molar-refractivity contribution in [2.45, 2.75) is 17.4 Å². The van der Waals surface area contributed by atoms with E-state index >= 15 is 0 Å². The van der Waals surface area contributed by atoms with Gasteiger partial charge in [0.05, 0.1) is 11.1 Å². The second-order valence-corrected chi connectivity index (χ2v) is 5.93. The molecule has 0 saturated heterocycles. The topological polar surface area (TPSA) is 99.4 Å². The molecule has 0 unspecified atom stereocenters. The van der Waals surface area contributed by atoms with Crippen LogP contribution in [-0.2, 0) is 15.2 Å². The molecule has 1 rings (SSSR count). The molecule has 0 aliphatic carbocycles. The number of nitrogens with zero attached hydrogens (tertiary/aromatic N) is 2. The van der Waals surface area contributed by atoms with E-state index in [0.29, 0.717) is 0 Å². The molecule has 124 valence electrons. The van der Waals surface area contributed by atoms with Crippen molar-refractivity contribution in [1.29, 1.82) is 0 Å². The maximum absolute atomic E-state index is 12.8. The average Bonchev–Trinajstić information content (AvgIpc) is 2.22. The molecule has 0 aliphatic heterocycles. The van der Waals surface area contributed by atoms with Gasteiger partial charge in [0.2, 0.25) is 0 Å². The van der Waals surface area contributed by atoms with Crippen molar-refractivity contribution >= 4 is 25.4 Å². The summed E-state index contributed by atoms with van der Waals surface area (Å²) in [6.45, 7) is 0. The van der Waals surface area contributed by atoms with Gasteiger partial charge in [-0.2, -0.15) is 13.2 Å². The van der Waals surface area contributed by atoms with Crippen molar-refractivity contribution in [2.24, 2.45) is 0 Å². The molecule has 0 fully saturated rings. The molecule has 22 heavy (non-hydrogen) atoms. The molecule has 0 aromatic carbocycles. The normalized spacial score (nSPS) is 13.0. The van der Waals surface area contributed by atoms with Gasteiger partial charge in [-0.25, -0.2) is 13.4 Å². The highest BCUT2D eigenvalue weighted by atomic mass is 35.7. The summed E-state index contributed by atoms with van der Waals surface area (Å²) >= 11 is 0. The molecule has 0 aliphatic rings. The quantitative estimate of drug-likeness (QED) is 0.349. The van der Waals surface area contributed by atoms with Crippen LogP contribution in [-0.4, -0.2) is 24.7 Å². The van der Waals surface area contributed by atoms with Crippen molar-refractivity contribution in [3.63, 3.8) is 0 Å². The molecule has 0 amide bonds. The van der Waals surface area contributed by atoms with E-state index < -0.39 is 48.5 Å². The highest BCUT2D eigenvalue weighted by Gasteiger charge is 2.48. The van der Waals surface area contributed by atoms with Crippen molar-refractivity contribution in [2.75, 3.05) is 0 Å². The van der Waals surface area contributed by atoms with Crippen molar-refractivity contribution < 1.29 is 44.4 Å². The second kappa shape index (κ2) is 5.42. The molecule has 0 spiro atoms. The fourth-order valence-electron chi connectivity index (χ4n) is 1.28. The first-order chi connectivity index (χ1) is 9.64. The first-order valence-corrected chi connectivity index (χ1v) is 6.90. The maximum Gasteiger partial charge on any atom is 0.574 e. The average molecular weight is 375 g/mol. The minimum Gasteiger partial charge on any atom is -0.381 e. The standard InChI is InChI=1S/C7HClF6N2O5S/c8-22(19,20)2-1-15-5(21-7(12,13)14)4(16(17)18)3(2)6(9,10)11/h1H. The number of ether oxygens (including phenoxy) is 1. The number of nitro groups is 1. The maximum atomic E-state index is 12.8. The Labute approximate surface area is 121 Å². The zero-order chi connectivity index (χ0) is 17.5. The predicted molar refractivity (Wildman–Crippen MR) is 55.6 cm³/mol. The van der Waals surface area contributed by atoms with E-state index in [1.807, 2.05) is 0 Å². The molecular weight excluding hydrogens is 374 g/mol. The predicted octanol–water partition coefficient (Wildman–Crippen LogP) is 2.83. The largest absolute Gasteiger partial charge is 0.574 e. The van der Waals surface area contributed by atoms with Crippen LogP contribution in [0, 0.1) is 10.1 Å². The number of hydrogen-bond donors (Lipinski definition) is 0. The summed E-state index contributed by atoms with van der Waals surface area (Å²) in [6, 6.07) is 0. The lowest BCUT2D eigenvalue weighted by Crippen LogP contribution is -2.21. The number of rotatable bonds is 3. The van der Waals surface area contributed by atoms with Gasteiger partial charge in [-0.05, 0) is 0 Å².